The summed E-state index contributed by atoms with van der Waals surface area (Å²) in [7, 11) is 0. The predicted octanol–water partition coefficient (Wildman–Crippen LogP) is 1.69. The van der Waals surface area contributed by atoms with Crippen LogP contribution in [0, 0.1) is 23.1 Å². The Morgan fingerprint density at radius 3 is 2.72 bits per heavy atom. The van der Waals surface area contributed by atoms with Gasteiger partial charge in [-0.25, -0.2) is 4.39 Å². The second-order valence-electron chi connectivity index (χ2n) is 5.91. The molecule has 0 spiro atoms. The number of piperidine rings is 1. The van der Waals surface area contributed by atoms with Crippen LogP contribution in [0.2, 0.25) is 0 Å². The van der Waals surface area contributed by atoms with E-state index in [4.69, 9.17) is 5.11 Å². The minimum Gasteiger partial charge on any atom is -0.481 e. The Labute approximate surface area is 145 Å². The molecule has 7 heteroatoms. The largest absolute Gasteiger partial charge is 0.481 e. The Hall–Kier alpha value is -2.88. The van der Waals surface area contributed by atoms with Crippen molar-refractivity contribution in [3.8, 4) is 6.07 Å². The summed E-state index contributed by atoms with van der Waals surface area (Å²) in [6.45, 7) is 1.12. The highest BCUT2D eigenvalue weighted by atomic mass is 19.1. The van der Waals surface area contributed by atoms with Gasteiger partial charge >= 0.3 is 5.97 Å². The molecule has 0 aliphatic carbocycles. The van der Waals surface area contributed by atoms with Gasteiger partial charge in [-0.3, -0.25) is 9.59 Å². The van der Waals surface area contributed by atoms with Crippen LogP contribution in [0.1, 0.15) is 18.4 Å². The Kier molecular flexibility index (Phi) is 6.52. The van der Waals surface area contributed by atoms with Crippen molar-refractivity contribution in [3.05, 3.63) is 47.4 Å². The maximum absolute atomic E-state index is 13.1. The summed E-state index contributed by atoms with van der Waals surface area (Å²) >= 11 is 0. The molecule has 1 aliphatic rings. The van der Waals surface area contributed by atoms with Crippen molar-refractivity contribution in [3.63, 3.8) is 0 Å². The lowest BCUT2D eigenvalue weighted by molar-refractivity contribution is -0.145. The van der Waals surface area contributed by atoms with Crippen LogP contribution in [-0.2, 0) is 16.0 Å². The van der Waals surface area contributed by atoms with E-state index in [2.05, 4.69) is 5.32 Å². The van der Waals surface area contributed by atoms with Crippen LogP contribution in [0.15, 0.2) is 36.0 Å². The number of carbonyl (C=O) groups excluding carboxylic acids is 1. The molecule has 1 fully saturated rings. The fourth-order valence-corrected chi connectivity index (χ4v) is 2.72. The Morgan fingerprint density at radius 2 is 2.12 bits per heavy atom. The zero-order chi connectivity index (χ0) is 18.2. The summed E-state index contributed by atoms with van der Waals surface area (Å²) in [4.78, 5) is 24.7. The number of nitrogens with one attached hydrogen (secondary N) is 1. The van der Waals surface area contributed by atoms with E-state index in [1.807, 2.05) is 6.07 Å². The van der Waals surface area contributed by atoms with Gasteiger partial charge in [-0.05, 0) is 37.0 Å². The van der Waals surface area contributed by atoms with Crippen LogP contribution >= 0.6 is 0 Å². The topological polar surface area (TPSA) is 93.4 Å². The fraction of sp³-hybridized carbons (Fsp3) is 0.389. The molecule has 0 bridgehead atoms. The summed E-state index contributed by atoms with van der Waals surface area (Å²) in [5.74, 6) is -1.97. The lowest BCUT2D eigenvalue weighted by Gasteiger charge is -2.29. The molecule has 6 nitrogen and oxygen atoms in total. The fourth-order valence-electron chi connectivity index (χ4n) is 2.72. The zero-order valence-corrected chi connectivity index (χ0v) is 13.7. The molecule has 1 saturated heterocycles. The summed E-state index contributed by atoms with van der Waals surface area (Å²) in [6, 6.07) is 8.12. The molecule has 0 unspecified atom stereocenters. The number of nitrogens with zero attached hydrogens (tertiary/aromatic N) is 2. The van der Waals surface area contributed by atoms with Crippen LogP contribution in [0.4, 0.5) is 4.39 Å². The number of aliphatic carboxylic acids is 1. The van der Waals surface area contributed by atoms with Crippen molar-refractivity contribution in [2.24, 2.45) is 5.92 Å². The SMILES string of the molecule is N#C/C(=C/NCCc1cccc(F)c1)C(=O)N1CCC(C(=O)O)CC1. The van der Waals surface area contributed by atoms with Gasteiger partial charge in [0.2, 0.25) is 0 Å². The first-order valence-corrected chi connectivity index (χ1v) is 8.11. The second kappa shape index (κ2) is 8.83. The maximum Gasteiger partial charge on any atom is 0.306 e. The van der Waals surface area contributed by atoms with Gasteiger partial charge in [-0.2, -0.15) is 5.26 Å². The van der Waals surface area contributed by atoms with Gasteiger partial charge in [0.1, 0.15) is 17.5 Å². The van der Waals surface area contributed by atoms with Crippen molar-refractivity contribution in [1.82, 2.24) is 10.2 Å². The van der Waals surface area contributed by atoms with Crippen molar-refractivity contribution in [2.75, 3.05) is 19.6 Å². The van der Waals surface area contributed by atoms with Gasteiger partial charge in [0.05, 0.1) is 5.92 Å². The summed E-state index contributed by atoms with van der Waals surface area (Å²) in [5, 5.41) is 21.0. The molecule has 1 amide bonds. The van der Waals surface area contributed by atoms with Crippen LogP contribution in [0.3, 0.4) is 0 Å². The van der Waals surface area contributed by atoms with E-state index in [1.165, 1.54) is 23.2 Å². The quantitative estimate of drug-likeness (QED) is 0.465. The smallest absolute Gasteiger partial charge is 0.306 e. The Bertz CT molecular complexity index is 704. The molecule has 25 heavy (non-hydrogen) atoms. The van der Waals surface area contributed by atoms with E-state index < -0.39 is 17.8 Å². The number of carboxylic acids is 1. The van der Waals surface area contributed by atoms with E-state index in [0.717, 1.165) is 5.56 Å². The molecule has 0 radical (unpaired) electrons. The number of benzene rings is 1. The molecule has 0 atom stereocenters. The minimum atomic E-state index is -0.845. The van der Waals surface area contributed by atoms with Gasteiger partial charge in [0.25, 0.3) is 5.91 Å². The number of carbonyl (C=O) groups is 2. The highest BCUT2D eigenvalue weighted by Crippen LogP contribution is 2.18. The number of likely N-dealkylation sites (tertiary alicyclic amines) is 1. The molecular formula is C18H20FN3O3. The average molecular weight is 345 g/mol. The van der Waals surface area contributed by atoms with E-state index in [1.54, 1.807) is 12.1 Å². The van der Waals surface area contributed by atoms with E-state index in [0.29, 0.717) is 38.9 Å². The number of hydrogen-bond acceptors (Lipinski definition) is 4. The minimum absolute atomic E-state index is 0.0204. The molecule has 132 valence electrons. The third kappa shape index (κ3) is 5.31. The highest BCUT2D eigenvalue weighted by molar-refractivity contribution is 5.97. The summed E-state index contributed by atoms with van der Waals surface area (Å²) < 4.78 is 13.1. The van der Waals surface area contributed by atoms with Crippen LogP contribution < -0.4 is 5.32 Å². The molecule has 0 aromatic heterocycles. The highest BCUT2D eigenvalue weighted by Gasteiger charge is 2.28. The molecule has 1 aromatic carbocycles. The van der Waals surface area contributed by atoms with Gasteiger partial charge in [0, 0.05) is 25.8 Å². The number of hydrogen-bond donors (Lipinski definition) is 2. The normalized spacial score (nSPS) is 15.5. The number of amides is 1. The van der Waals surface area contributed by atoms with Crippen molar-refractivity contribution in [1.29, 1.82) is 5.26 Å². The van der Waals surface area contributed by atoms with Crippen molar-refractivity contribution in [2.45, 2.75) is 19.3 Å². The summed E-state index contributed by atoms with van der Waals surface area (Å²) in [6.07, 6.45) is 2.72. The van der Waals surface area contributed by atoms with Gasteiger partial charge in [0.15, 0.2) is 0 Å². The van der Waals surface area contributed by atoms with Gasteiger partial charge in [-0.1, -0.05) is 12.1 Å². The molecule has 2 rings (SSSR count). The molecule has 1 aromatic rings. The average Bonchev–Trinajstić information content (AvgIpc) is 2.61. The molecule has 1 aliphatic heterocycles. The van der Waals surface area contributed by atoms with Crippen LogP contribution in [0.5, 0.6) is 0 Å². The van der Waals surface area contributed by atoms with Gasteiger partial charge < -0.3 is 15.3 Å². The lowest BCUT2D eigenvalue weighted by Crippen LogP contribution is -2.41. The number of nitriles is 1. The maximum atomic E-state index is 13.1. The number of carboxylic acid groups (broad SMARTS) is 1. The van der Waals surface area contributed by atoms with E-state index in [9.17, 15) is 19.2 Å². The standard InChI is InChI=1S/C18H20FN3O3/c19-16-3-1-2-13(10-16)4-7-21-12-15(11-20)17(23)22-8-5-14(6-9-22)18(24)25/h1-3,10,12,14,21H,4-9H2,(H,24,25)/b15-12-. The molecule has 2 N–H and O–H groups in total. The van der Waals surface area contributed by atoms with Gasteiger partial charge in [-0.15, -0.1) is 0 Å². The summed E-state index contributed by atoms with van der Waals surface area (Å²) in [5.41, 5.74) is 0.800. The lowest BCUT2D eigenvalue weighted by atomic mass is 9.97. The molecular weight excluding hydrogens is 325 g/mol. The van der Waals surface area contributed by atoms with E-state index >= 15 is 0 Å². The second-order valence-corrected chi connectivity index (χ2v) is 5.91. The Balaban J connectivity index is 1.84. The zero-order valence-electron chi connectivity index (χ0n) is 13.7. The number of halogens is 1. The first kappa shape index (κ1) is 18.5. The van der Waals surface area contributed by atoms with Crippen LogP contribution in [0.25, 0.3) is 0 Å². The number of rotatable bonds is 6. The van der Waals surface area contributed by atoms with Crippen molar-refractivity contribution < 1.29 is 19.1 Å². The van der Waals surface area contributed by atoms with E-state index in [-0.39, 0.29) is 11.4 Å². The monoisotopic (exact) mass is 345 g/mol. The third-order valence-electron chi connectivity index (χ3n) is 4.18. The first-order valence-electron chi connectivity index (χ1n) is 8.11. The first-order chi connectivity index (χ1) is 12.0. The third-order valence-corrected chi connectivity index (χ3v) is 4.18. The Morgan fingerprint density at radius 1 is 1.40 bits per heavy atom. The predicted molar refractivity (Wildman–Crippen MR) is 88.7 cm³/mol. The molecule has 0 saturated carbocycles. The van der Waals surface area contributed by atoms with Crippen LogP contribution in [-0.4, -0.2) is 41.5 Å². The molecule has 1 heterocycles. The van der Waals surface area contributed by atoms with Crippen molar-refractivity contribution >= 4 is 11.9 Å².